The zero-order valence-electron chi connectivity index (χ0n) is 11.4. The molecule has 0 unspecified atom stereocenters. The number of fused-ring (bicyclic) bond motifs is 1. The van der Waals surface area contributed by atoms with Crippen molar-refractivity contribution in [2.24, 2.45) is 11.7 Å². The van der Waals surface area contributed by atoms with Crippen molar-refractivity contribution in [2.75, 3.05) is 6.61 Å². The van der Waals surface area contributed by atoms with Crippen molar-refractivity contribution in [3.8, 4) is 5.75 Å². The van der Waals surface area contributed by atoms with Gasteiger partial charge in [-0.25, -0.2) is 4.98 Å². The molecular formula is C15H17BrN2O2. The molecule has 1 atom stereocenters. The fourth-order valence-electron chi connectivity index (χ4n) is 2.68. The molecule has 4 nitrogen and oxygen atoms in total. The second kappa shape index (κ2) is 4.58. The van der Waals surface area contributed by atoms with Gasteiger partial charge in [-0.05, 0) is 53.3 Å². The molecule has 5 heteroatoms. The third-order valence-corrected chi connectivity index (χ3v) is 5.04. The molecule has 0 aromatic carbocycles. The average Bonchev–Trinajstić information content (AvgIpc) is 2.67. The van der Waals surface area contributed by atoms with E-state index in [9.17, 15) is 4.79 Å². The first-order chi connectivity index (χ1) is 9.43. The average molecular weight is 337 g/mol. The summed E-state index contributed by atoms with van der Waals surface area (Å²) >= 11 is 3.43. The van der Waals surface area contributed by atoms with E-state index in [1.807, 2.05) is 13.0 Å². The zero-order chi connectivity index (χ0) is 14.5. The van der Waals surface area contributed by atoms with Gasteiger partial charge in [0, 0.05) is 5.56 Å². The number of ether oxygens (including phenoxy) is 1. The second-order valence-corrected chi connectivity index (χ2v) is 6.56. The maximum absolute atomic E-state index is 11.8. The summed E-state index contributed by atoms with van der Waals surface area (Å²) in [7, 11) is 0. The molecule has 106 valence electrons. The van der Waals surface area contributed by atoms with E-state index >= 15 is 0 Å². The van der Waals surface area contributed by atoms with Crippen LogP contribution in [0.3, 0.4) is 0 Å². The fraction of sp³-hybridized carbons (Fsp3) is 0.467. The molecule has 1 saturated carbocycles. The first kappa shape index (κ1) is 13.6. The van der Waals surface area contributed by atoms with Crippen molar-refractivity contribution >= 4 is 27.4 Å². The summed E-state index contributed by atoms with van der Waals surface area (Å²) in [6.45, 7) is 6.24. The molecule has 2 N–H and O–H groups in total. The Hall–Kier alpha value is -1.36. The van der Waals surface area contributed by atoms with Gasteiger partial charge < -0.3 is 10.5 Å². The van der Waals surface area contributed by atoms with Gasteiger partial charge in [-0.1, -0.05) is 13.0 Å². The molecule has 0 spiro atoms. The molecule has 0 saturated heterocycles. The van der Waals surface area contributed by atoms with Crippen LogP contribution in [0.2, 0.25) is 0 Å². The molecule has 1 aromatic heterocycles. The van der Waals surface area contributed by atoms with Crippen molar-refractivity contribution in [3.63, 3.8) is 0 Å². The molecular weight excluding hydrogens is 320 g/mol. The number of amides is 1. The van der Waals surface area contributed by atoms with Crippen molar-refractivity contribution in [1.82, 2.24) is 4.98 Å². The van der Waals surface area contributed by atoms with Crippen LogP contribution >= 0.6 is 15.9 Å². The number of nitrogens with two attached hydrogens (primary N) is 1. The predicted octanol–water partition coefficient (Wildman–Crippen LogP) is 2.79. The Bertz CT molecular complexity index is 610. The van der Waals surface area contributed by atoms with E-state index < -0.39 is 5.41 Å². The Morgan fingerprint density at radius 2 is 2.30 bits per heavy atom. The van der Waals surface area contributed by atoms with Gasteiger partial charge >= 0.3 is 0 Å². The summed E-state index contributed by atoms with van der Waals surface area (Å²) in [5.41, 5.74) is 7.43. The highest BCUT2D eigenvalue weighted by Gasteiger charge is 2.43. The van der Waals surface area contributed by atoms with Gasteiger partial charge in [0.1, 0.15) is 16.6 Å². The summed E-state index contributed by atoms with van der Waals surface area (Å²) in [6.07, 6.45) is 3.58. The number of primary amides is 1. The van der Waals surface area contributed by atoms with Gasteiger partial charge in [-0.3, -0.25) is 4.79 Å². The summed E-state index contributed by atoms with van der Waals surface area (Å²) in [6, 6.07) is 1.92. The predicted molar refractivity (Wildman–Crippen MR) is 80.4 cm³/mol. The molecule has 1 fully saturated rings. The van der Waals surface area contributed by atoms with E-state index in [-0.39, 0.29) is 12.5 Å². The van der Waals surface area contributed by atoms with E-state index in [1.165, 1.54) is 19.3 Å². The first-order valence-corrected chi connectivity index (χ1v) is 7.55. The minimum Gasteiger partial charge on any atom is -0.489 e. The molecule has 0 bridgehead atoms. The Morgan fingerprint density at radius 1 is 1.60 bits per heavy atom. The van der Waals surface area contributed by atoms with Gasteiger partial charge in [0.25, 0.3) is 0 Å². The van der Waals surface area contributed by atoms with Gasteiger partial charge in [-0.15, -0.1) is 0 Å². The van der Waals surface area contributed by atoms with Gasteiger partial charge in [0.05, 0.1) is 5.69 Å². The number of hydrogen-bond donors (Lipinski definition) is 1. The Kier molecular flexibility index (Phi) is 3.12. The number of nitrogens with zero attached hydrogens (tertiary/aromatic N) is 1. The third kappa shape index (κ3) is 1.87. The van der Waals surface area contributed by atoms with Crippen LogP contribution in [0.5, 0.6) is 5.75 Å². The zero-order valence-corrected chi connectivity index (χ0v) is 13.0. The van der Waals surface area contributed by atoms with Crippen molar-refractivity contribution in [3.05, 3.63) is 28.5 Å². The smallest absolute Gasteiger partial charge is 0.231 e. The number of carbonyl (C=O) groups excluding carboxylic acids is 1. The number of allylic oxidation sites excluding steroid dienone is 1. The maximum atomic E-state index is 11.8. The van der Waals surface area contributed by atoms with Crippen LogP contribution in [-0.4, -0.2) is 17.5 Å². The quantitative estimate of drug-likeness (QED) is 0.863. The minimum absolute atomic E-state index is 0.261. The summed E-state index contributed by atoms with van der Waals surface area (Å²) < 4.78 is 6.22. The topological polar surface area (TPSA) is 65.2 Å². The van der Waals surface area contributed by atoms with Crippen LogP contribution in [0.4, 0.5) is 0 Å². The number of pyridine rings is 1. The number of rotatable bonds is 3. The number of halogens is 1. The number of aromatic nitrogens is 1. The fourth-order valence-corrected chi connectivity index (χ4v) is 3.20. The molecule has 1 amide bonds. The molecule has 2 aliphatic rings. The van der Waals surface area contributed by atoms with Crippen LogP contribution in [0.1, 0.15) is 37.4 Å². The van der Waals surface area contributed by atoms with Crippen LogP contribution < -0.4 is 10.5 Å². The largest absolute Gasteiger partial charge is 0.489 e. The molecule has 1 aromatic rings. The van der Waals surface area contributed by atoms with Crippen molar-refractivity contribution in [1.29, 1.82) is 0 Å². The third-order valence-electron chi connectivity index (χ3n) is 4.50. The maximum Gasteiger partial charge on any atom is 0.231 e. The highest BCUT2D eigenvalue weighted by molar-refractivity contribution is 9.10. The minimum atomic E-state index is -0.796. The van der Waals surface area contributed by atoms with Crippen LogP contribution in [0.15, 0.2) is 17.2 Å². The van der Waals surface area contributed by atoms with Gasteiger partial charge in [0.2, 0.25) is 5.91 Å². The molecule has 20 heavy (non-hydrogen) atoms. The van der Waals surface area contributed by atoms with Crippen molar-refractivity contribution < 1.29 is 9.53 Å². The summed E-state index contributed by atoms with van der Waals surface area (Å²) in [5, 5.41) is 0. The molecule has 0 radical (unpaired) electrons. The van der Waals surface area contributed by atoms with E-state index in [0.29, 0.717) is 16.3 Å². The number of hydrogen-bond acceptors (Lipinski definition) is 3. The standard InChI is InChI=1S/C15H17BrN2O2/c1-8(9-4-3-5-9)11-6-10-12(13(16)18-11)20-7-15(10,2)14(17)19/h6,9H,1,3-5,7H2,2H3,(H2,17,19)/t15-/m0/s1. The Morgan fingerprint density at radius 3 is 2.85 bits per heavy atom. The monoisotopic (exact) mass is 336 g/mol. The van der Waals surface area contributed by atoms with Crippen molar-refractivity contribution in [2.45, 2.75) is 31.6 Å². The number of carbonyl (C=O) groups is 1. The summed E-state index contributed by atoms with van der Waals surface area (Å²) in [4.78, 5) is 16.3. The van der Waals surface area contributed by atoms with E-state index in [0.717, 1.165) is 16.8 Å². The van der Waals surface area contributed by atoms with Crippen LogP contribution in [-0.2, 0) is 10.2 Å². The van der Waals surface area contributed by atoms with Gasteiger partial charge in [0.15, 0.2) is 5.75 Å². The highest BCUT2D eigenvalue weighted by atomic mass is 79.9. The van der Waals surface area contributed by atoms with E-state index in [2.05, 4.69) is 27.5 Å². The summed E-state index contributed by atoms with van der Waals surface area (Å²) in [5.74, 6) is 0.751. The lowest BCUT2D eigenvalue weighted by Gasteiger charge is -2.27. The van der Waals surface area contributed by atoms with E-state index in [4.69, 9.17) is 10.5 Å². The van der Waals surface area contributed by atoms with E-state index in [1.54, 1.807) is 0 Å². The lowest BCUT2D eigenvalue weighted by molar-refractivity contribution is -0.123. The SMILES string of the molecule is C=C(c1cc2c(c(Br)n1)OC[C@]2(C)C(N)=O)C1CCC1. The highest BCUT2D eigenvalue weighted by Crippen LogP contribution is 2.45. The molecule has 1 aliphatic heterocycles. The van der Waals surface area contributed by atoms with Crippen LogP contribution in [0, 0.1) is 5.92 Å². The second-order valence-electron chi connectivity index (χ2n) is 5.81. The molecule has 1 aliphatic carbocycles. The normalized spacial score (nSPS) is 24.7. The first-order valence-electron chi connectivity index (χ1n) is 6.76. The molecule has 2 heterocycles. The lowest BCUT2D eigenvalue weighted by atomic mass is 9.78. The van der Waals surface area contributed by atoms with Gasteiger partial charge in [-0.2, -0.15) is 0 Å². The Balaban J connectivity index is 2.06. The lowest BCUT2D eigenvalue weighted by Crippen LogP contribution is -2.39. The van der Waals surface area contributed by atoms with Crippen LogP contribution in [0.25, 0.3) is 5.57 Å². The Labute approximate surface area is 126 Å². The molecule has 3 rings (SSSR count).